The molecule has 0 fully saturated rings. The number of guanidine groups is 1. The summed E-state index contributed by atoms with van der Waals surface area (Å²) in [4.78, 5) is 9.33. The number of hydrogen-bond donors (Lipinski definition) is 2. The van der Waals surface area contributed by atoms with Gasteiger partial charge in [-0.15, -0.1) is 24.0 Å². The van der Waals surface area contributed by atoms with Gasteiger partial charge in [0.1, 0.15) is 0 Å². The molecule has 1 aromatic carbocycles. The van der Waals surface area contributed by atoms with Crippen LogP contribution in [0, 0.1) is 0 Å². The van der Waals surface area contributed by atoms with Gasteiger partial charge in [-0.1, -0.05) is 26.0 Å². The molecule has 0 radical (unpaired) electrons. The molecule has 0 aliphatic heterocycles. The minimum atomic E-state index is 0. The first kappa shape index (κ1) is 26.0. The predicted molar refractivity (Wildman–Crippen MR) is 131 cm³/mol. The Kier molecular flexibility index (Phi) is 14.4. The second kappa shape index (κ2) is 15.0. The van der Waals surface area contributed by atoms with Gasteiger partial charge in [-0.2, -0.15) is 0 Å². The Hall–Kier alpha value is -1.02. The van der Waals surface area contributed by atoms with Crippen LogP contribution in [0.3, 0.4) is 0 Å². The molecule has 5 nitrogen and oxygen atoms in total. The Labute approximate surface area is 184 Å². The SMILES string of the molecule is CCNC(=NCc1ccc(N(C)C)cc1)NC(C)CCCN(CC)CC.I. The van der Waals surface area contributed by atoms with E-state index in [-0.39, 0.29) is 24.0 Å². The van der Waals surface area contributed by atoms with Crippen LogP contribution in [0.5, 0.6) is 0 Å². The minimum absolute atomic E-state index is 0. The fourth-order valence-corrected chi connectivity index (χ4v) is 2.86. The number of aliphatic imine (C=N–C) groups is 1. The summed E-state index contributed by atoms with van der Waals surface area (Å²) in [6.45, 7) is 13.8. The lowest BCUT2D eigenvalue weighted by Gasteiger charge is -2.21. The lowest BCUT2D eigenvalue weighted by Crippen LogP contribution is -2.42. The number of nitrogens with zero attached hydrogens (tertiary/aromatic N) is 3. The van der Waals surface area contributed by atoms with Crippen molar-refractivity contribution in [2.45, 2.75) is 53.1 Å². The second-order valence-corrected chi connectivity index (χ2v) is 6.97. The summed E-state index contributed by atoms with van der Waals surface area (Å²) in [5.41, 5.74) is 2.44. The molecular formula is C21H40IN5. The van der Waals surface area contributed by atoms with E-state index in [0.717, 1.165) is 32.0 Å². The van der Waals surface area contributed by atoms with Gasteiger partial charge in [-0.25, -0.2) is 4.99 Å². The van der Waals surface area contributed by atoms with Gasteiger partial charge in [-0.3, -0.25) is 0 Å². The van der Waals surface area contributed by atoms with Crippen LogP contribution in [0.15, 0.2) is 29.3 Å². The molecule has 0 spiro atoms. The highest BCUT2D eigenvalue weighted by atomic mass is 127. The molecule has 2 N–H and O–H groups in total. The van der Waals surface area contributed by atoms with E-state index in [1.807, 2.05) is 0 Å². The molecule has 0 saturated carbocycles. The zero-order valence-corrected chi connectivity index (χ0v) is 20.4. The predicted octanol–water partition coefficient (Wildman–Crippen LogP) is 3.94. The van der Waals surface area contributed by atoms with Crippen molar-refractivity contribution in [1.82, 2.24) is 15.5 Å². The number of anilines is 1. The molecule has 156 valence electrons. The van der Waals surface area contributed by atoms with Gasteiger partial charge in [0.25, 0.3) is 0 Å². The first-order valence-corrected chi connectivity index (χ1v) is 10.0. The van der Waals surface area contributed by atoms with Crippen molar-refractivity contribution < 1.29 is 0 Å². The molecule has 0 aliphatic rings. The minimum Gasteiger partial charge on any atom is -0.378 e. The number of hydrogen-bond acceptors (Lipinski definition) is 3. The van der Waals surface area contributed by atoms with Crippen molar-refractivity contribution in [1.29, 1.82) is 0 Å². The van der Waals surface area contributed by atoms with Crippen LogP contribution in [0.4, 0.5) is 5.69 Å². The van der Waals surface area contributed by atoms with Crippen molar-refractivity contribution in [3.63, 3.8) is 0 Å². The second-order valence-electron chi connectivity index (χ2n) is 6.97. The van der Waals surface area contributed by atoms with Crippen LogP contribution >= 0.6 is 24.0 Å². The zero-order chi connectivity index (χ0) is 19.4. The smallest absolute Gasteiger partial charge is 0.191 e. The van der Waals surface area contributed by atoms with E-state index in [0.29, 0.717) is 12.6 Å². The maximum Gasteiger partial charge on any atom is 0.191 e. The monoisotopic (exact) mass is 489 g/mol. The first-order valence-electron chi connectivity index (χ1n) is 10.0. The van der Waals surface area contributed by atoms with E-state index >= 15 is 0 Å². The van der Waals surface area contributed by atoms with Crippen molar-refractivity contribution >= 4 is 35.6 Å². The third-order valence-corrected chi connectivity index (χ3v) is 4.61. The van der Waals surface area contributed by atoms with E-state index in [4.69, 9.17) is 4.99 Å². The van der Waals surface area contributed by atoms with E-state index < -0.39 is 0 Å². The Morgan fingerprint density at radius 2 is 1.70 bits per heavy atom. The summed E-state index contributed by atoms with van der Waals surface area (Å²) in [6, 6.07) is 8.99. The van der Waals surface area contributed by atoms with Crippen LogP contribution in [0.2, 0.25) is 0 Å². The summed E-state index contributed by atoms with van der Waals surface area (Å²) in [7, 11) is 4.12. The summed E-state index contributed by atoms with van der Waals surface area (Å²) < 4.78 is 0. The highest BCUT2D eigenvalue weighted by Crippen LogP contribution is 2.12. The Balaban J connectivity index is 0.00000676. The topological polar surface area (TPSA) is 42.9 Å². The van der Waals surface area contributed by atoms with Crippen LogP contribution < -0.4 is 15.5 Å². The number of halogens is 1. The van der Waals surface area contributed by atoms with Gasteiger partial charge in [0.15, 0.2) is 5.96 Å². The largest absolute Gasteiger partial charge is 0.378 e. The van der Waals surface area contributed by atoms with Crippen molar-refractivity contribution in [2.24, 2.45) is 4.99 Å². The average Bonchev–Trinajstić information content (AvgIpc) is 2.64. The van der Waals surface area contributed by atoms with Crippen LogP contribution in [0.25, 0.3) is 0 Å². The summed E-state index contributed by atoms with van der Waals surface area (Å²) >= 11 is 0. The Bertz CT molecular complexity index is 512. The summed E-state index contributed by atoms with van der Waals surface area (Å²) in [5.74, 6) is 0.902. The molecule has 0 bridgehead atoms. The highest BCUT2D eigenvalue weighted by molar-refractivity contribution is 14.0. The zero-order valence-electron chi connectivity index (χ0n) is 18.1. The highest BCUT2D eigenvalue weighted by Gasteiger charge is 2.06. The lowest BCUT2D eigenvalue weighted by molar-refractivity contribution is 0.292. The van der Waals surface area contributed by atoms with Gasteiger partial charge >= 0.3 is 0 Å². The van der Waals surface area contributed by atoms with Gasteiger partial charge in [0.05, 0.1) is 6.54 Å². The standard InChI is InChI=1S/C21H39N5.HI/c1-7-22-21(24-18(4)11-10-16-26(8-2)9-3)23-17-19-12-14-20(15-13-19)25(5)6;/h12-15,18H,7-11,16-17H2,1-6H3,(H2,22,23,24);1H. The van der Waals surface area contributed by atoms with Crippen molar-refractivity contribution in [2.75, 3.05) is 45.2 Å². The molecule has 6 heteroatoms. The first-order chi connectivity index (χ1) is 12.5. The maximum absolute atomic E-state index is 4.74. The molecule has 0 saturated heterocycles. The van der Waals surface area contributed by atoms with Crippen LogP contribution in [-0.4, -0.2) is 57.2 Å². The molecule has 0 aromatic heterocycles. The number of benzene rings is 1. The summed E-state index contributed by atoms with van der Waals surface area (Å²) in [6.07, 6.45) is 2.36. The third kappa shape index (κ3) is 10.8. The molecule has 0 heterocycles. The van der Waals surface area contributed by atoms with E-state index in [1.54, 1.807) is 0 Å². The molecule has 27 heavy (non-hydrogen) atoms. The number of nitrogens with one attached hydrogen (secondary N) is 2. The fraction of sp³-hybridized carbons (Fsp3) is 0.667. The average molecular weight is 489 g/mol. The molecule has 1 aromatic rings. The maximum atomic E-state index is 4.74. The normalized spacial score (nSPS) is 12.5. The van der Waals surface area contributed by atoms with Crippen molar-refractivity contribution in [3.8, 4) is 0 Å². The van der Waals surface area contributed by atoms with Gasteiger partial charge in [0, 0.05) is 32.4 Å². The molecule has 0 aliphatic carbocycles. The van der Waals surface area contributed by atoms with Crippen molar-refractivity contribution in [3.05, 3.63) is 29.8 Å². The van der Waals surface area contributed by atoms with Gasteiger partial charge in [-0.05, 0) is 64.0 Å². The van der Waals surface area contributed by atoms with Gasteiger partial charge < -0.3 is 20.4 Å². The summed E-state index contributed by atoms with van der Waals surface area (Å²) in [5, 5.41) is 6.89. The quantitative estimate of drug-likeness (QED) is 0.281. The van der Waals surface area contributed by atoms with E-state index in [9.17, 15) is 0 Å². The lowest BCUT2D eigenvalue weighted by atomic mass is 10.2. The van der Waals surface area contributed by atoms with Crippen LogP contribution in [0.1, 0.15) is 46.1 Å². The van der Waals surface area contributed by atoms with Gasteiger partial charge in [0.2, 0.25) is 0 Å². The molecule has 0 amide bonds. The third-order valence-electron chi connectivity index (χ3n) is 4.61. The van der Waals surface area contributed by atoms with E-state index in [1.165, 1.54) is 24.2 Å². The molecular weight excluding hydrogens is 449 g/mol. The molecule has 1 rings (SSSR count). The van der Waals surface area contributed by atoms with Crippen LogP contribution in [-0.2, 0) is 6.54 Å². The fourth-order valence-electron chi connectivity index (χ4n) is 2.86. The Morgan fingerprint density at radius 3 is 2.22 bits per heavy atom. The molecule has 1 unspecified atom stereocenters. The van der Waals surface area contributed by atoms with E-state index in [2.05, 4.69) is 86.5 Å². The molecule has 1 atom stereocenters. The Morgan fingerprint density at radius 1 is 1.07 bits per heavy atom. The number of rotatable bonds is 11.